The summed E-state index contributed by atoms with van der Waals surface area (Å²) in [5.74, 6) is 3.00. The molecule has 3 aromatic heterocycles. The maximum Gasteiger partial charge on any atom is 0.227 e. The van der Waals surface area contributed by atoms with E-state index in [1.807, 2.05) is 22.9 Å². The molecule has 25 heavy (non-hydrogen) atoms. The van der Waals surface area contributed by atoms with Crippen molar-refractivity contribution in [3.05, 3.63) is 48.2 Å². The Hall–Kier alpha value is -3.10. The lowest BCUT2D eigenvalue weighted by molar-refractivity contribution is -0.120. The van der Waals surface area contributed by atoms with Crippen LogP contribution >= 0.6 is 0 Å². The Morgan fingerprint density at radius 1 is 1.36 bits per heavy atom. The van der Waals surface area contributed by atoms with Gasteiger partial charge in [-0.05, 0) is 18.6 Å². The van der Waals surface area contributed by atoms with Crippen LogP contribution in [-0.2, 0) is 24.2 Å². The number of aryl methyl sites for hydroxylation is 1. The summed E-state index contributed by atoms with van der Waals surface area (Å²) >= 11 is 0. The fourth-order valence-electron chi connectivity index (χ4n) is 3.04. The number of fused-ring (bicyclic) bond motifs is 1. The van der Waals surface area contributed by atoms with Crippen LogP contribution in [0.15, 0.2) is 30.7 Å². The predicted octanol–water partition coefficient (Wildman–Crippen LogP) is 0.272. The van der Waals surface area contributed by atoms with E-state index in [1.54, 1.807) is 24.3 Å². The molecule has 128 valence electrons. The minimum Gasteiger partial charge on any atom is -0.359 e. The van der Waals surface area contributed by atoms with Crippen LogP contribution in [0.2, 0.25) is 0 Å². The highest BCUT2D eigenvalue weighted by molar-refractivity contribution is 5.77. The van der Waals surface area contributed by atoms with E-state index in [0.29, 0.717) is 18.2 Å². The fourth-order valence-corrected chi connectivity index (χ4v) is 3.04. The summed E-state index contributed by atoms with van der Waals surface area (Å²) in [6.45, 7) is 0.695. The third kappa shape index (κ3) is 3.00. The van der Waals surface area contributed by atoms with Gasteiger partial charge in [-0.3, -0.25) is 4.79 Å². The molecule has 1 aliphatic heterocycles. The second-order valence-electron chi connectivity index (χ2n) is 5.93. The van der Waals surface area contributed by atoms with Gasteiger partial charge in [0.15, 0.2) is 11.6 Å². The molecule has 4 heterocycles. The maximum atomic E-state index is 11.7. The Labute approximate surface area is 144 Å². The highest BCUT2D eigenvalue weighted by Crippen LogP contribution is 2.27. The zero-order valence-electron chi connectivity index (χ0n) is 13.8. The van der Waals surface area contributed by atoms with Crippen molar-refractivity contribution in [1.82, 2.24) is 39.8 Å². The minimum atomic E-state index is -0.119. The van der Waals surface area contributed by atoms with Gasteiger partial charge in [0.1, 0.15) is 18.0 Å². The lowest BCUT2D eigenvalue weighted by atomic mass is 9.99. The van der Waals surface area contributed by atoms with Gasteiger partial charge in [-0.25, -0.2) is 19.6 Å². The van der Waals surface area contributed by atoms with Gasteiger partial charge in [-0.2, -0.15) is 9.78 Å². The third-order valence-corrected chi connectivity index (χ3v) is 4.31. The first-order valence-corrected chi connectivity index (χ1v) is 8.19. The van der Waals surface area contributed by atoms with E-state index in [-0.39, 0.29) is 18.2 Å². The molecule has 1 aliphatic rings. The molecule has 9 nitrogen and oxygen atoms in total. The molecule has 1 unspecified atom stereocenters. The Morgan fingerprint density at radius 2 is 2.28 bits per heavy atom. The Morgan fingerprint density at radius 3 is 3.08 bits per heavy atom. The molecule has 3 aromatic rings. The van der Waals surface area contributed by atoms with Crippen molar-refractivity contribution in [2.45, 2.75) is 31.7 Å². The molecular weight excluding hydrogens is 320 g/mol. The summed E-state index contributed by atoms with van der Waals surface area (Å²) in [4.78, 5) is 25.0. The predicted molar refractivity (Wildman–Crippen MR) is 88.0 cm³/mol. The number of amides is 1. The monoisotopic (exact) mass is 338 g/mol. The van der Waals surface area contributed by atoms with Crippen LogP contribution in [0.5, 0.6) is 0 Å². The van der Waals surface area contributed by atoms with E-state index >= 15 is 0 Å². The van der Waals surface area contributed by atoms with Gasteiger partial charge in [0.2, 0.25) is 5.91 Å². The zero-order valence-corrected chi connectivity index (χ0v) is 13.8. The molecule has 1 atom stereocenters. The molecule has 0 radical (unpaired) electrons. The van der Waals surface area contributed by atoms with Crippen LogP contribution in [0, 0.1) is 0 Å². The second kappa shape index (κ2) is 6.42. The Kier molecular flexibility index (Phi) is 3.96. The molecule has 9 heteroatoms. The van der Waals surface area contributed by atoms with Gasteiger partial charge in [0, 0.05) is 25.6 Å². The maximum absolute atomic E-state index is 11.7. The number of likely N-dealkylation sites (N-methyl/N-ethyl adjacent to an activating group) is 1. The van der Waals surface area contributed by atoms with Crippen LogP contribution in [0.25, 0.3) is 5.82 Å². The number of carbonyl (C=O) groups is 1. The first-order chi connectivity index (χ1) is 12.2. The largest absolute Gasteiger partial charge is 0.359 e. The fraction of sp³-hybridized carbons (Fsp3) is 0.375. The number of hydrogen-bond donors (Lipinski definition) is 1. The average molecular weight is 338 g/mol. The van der Waals surface area contributed by atoms with Crippen LogP contribution in [0.4, 0.5) is 0 Å². The van der Waals surface area contributed by atoms with Crippen molar-refractivity contribution in [2.75, 3.05) is 7.05 Å². The van der Waals surface area contributed by atoms with Crippen molar-refractivity contribution in [2.24, 2.45) is 0 Å². The van der Waals surface area contributed by atoms with Gasteiger partial charge < -0.3 is 5.32 Å². The van der Waals surface area contributed by atoms with E-state index in [4.69, 9.17) is 0 Å². The summed E-state index contributed by atoms with van der Waals surface area (Å²) in [6.07, 6.45) is 5.19. The van der Waals surface area contributed by atoms with Gasteiger partial charge in [-0.1, -0.05) is 6.07 Å². The first-order valence-electron chi connectivity index (χ1n) is 8.19. The third-order valence-electron chi connectivity index (χ3n) is 4.31. The van der Waals surface area contributed by atoms with Gasteiger partial charge in [-0.15, -0.1) is 5.10 Å². The van der Waals surface area contributed by atoms with Crippen LogP contribution in [0.1, 0.15) is 29.8 Å². The quantitative estimate of drug-likeness (QED) is 0.732. The van der Waals surface area contributed by atoms with Crippen molar-refractivity contribution in [3.63, 3.8) is 0 Å². The van der Waals surface area contributed by atoms with Crippen molar-refractivity contribution < 1.29 is 4.79 Å². The summed E-state index contributed by atoms with van der Waals surface area (Å²) in [7, 11) is 1.60. The molecule has 4 rings (SSSR count). The lowest BCUT2D eigenvalue weighted by Crippen LogP contribution is -2.23. The number of hydrogen-bond acceptors (Lipinski definition) is 6. The van der Waals surface area contributed by atoms with Gasteiger partial charge in [0.05, 0.1) is 13.0 Å². The normalized spacial score (nSPS) is 16.4. The molecule has 0 bridgehead atoms. The van der Waals surface area contributed by atoms with E-state index in [1.165, 1.54) is 0 Å². The molecule has 0 aliphatic carbocycles. The topological polar surface area (TPSA) is 103 Å². The molecule has 0 fully saturated rings. The van der Waals surface area contributed by atoms with Crippen molar-refractivity contribution >= 4 is 5.91 Å². The number of nitrogens with zero attached hydrogens (tertiary/aromatic N) is 7. The zero-order chi connectivity index (χ0) is 17.2. The number of carbonyl (C=O) groups excluding carboxylic acids is 1. The molecule has 1 amide bonds. The smallest absolute Gasteiger partial charge is 0.227 e. The number of pyridine rings is 1. The highest BCUT2D eigenvalue weighted by Gasteiger charge is 2.27. The number of aromatic nitrogens is 7. The summed E-state index contributed by atoms with van der Waals surface area (Å²) < 4.78 is 3.65. The van der Waals surface area contributed by atoms with Gasteiger partial charge >= 0.3 is 0 Å². The van der Waals surface area contributed by atoms with Crippen molar-refractivity contribution in [1.29, 1.82) is 0 Å². The SMILES string of the molecule is CNC(=O)Cc1nc(C2CCc3ncnn3C2)n(-c2ccccn2)n1. The standard InChI is InChI=1S/C16H18N8O/c1-17-15(25)8-12-21-16(24(22-12)14-4-2-3-7-18-14)11-5-6-13-19-10-20-23(13)9-11/h2-4,7,10-11H,5-6,8-9H2,1H3,(H,17,25). The van der Waals surface area contributed by atoms with Crippen LogP contribution < -0.4 is 5.32 Å². The van der Waals surface area contributed by atoms with E-state index in [9.17, 15) is 4.79 Å². The van der Waals surface area contributed by atoms with Crippen LogP contribution in [-0.4, -0.2) is 47.5 Å². The Bertz CT molecular complexity index is 885. The summed E-state index contributed by atoms with van der Waals surface area (Å²) in [5.41, 5.74) is 0. The summed E-state index contributed by atoms with van der Waals surface area (Å²) in [6, 6.07) is 5.64. The van der Waals surface area contributed by atoms with E-state index < -0.39 is 0 Å². The molecule has 0 saturated carbocycles. The number of nitrogens with one attached hydrogen (secondary N) is 1. The van der Waals surface area contributed by atoms with Crippen LogP contribution in [0.3, 0.4) is 0 Å². The van der Waals surface area contributed by atoms with E-state index in [2.05, 4.69) is 30.5 Å². The molecule has 1 N–H and O–H groups in total. The molecule has 0 aromatic carbocycles. The Balaban J connectivity index is 1.71. The lowest BCUT2D eigenvalue weighted by Gasteiger charge is -2.21. The average Bonchev–Trinajstić information content (AvgIpc) is 3.28. The minimum absolute atomic E-state index is 0.119. The highest BCUT2D eigenvalue weighted by atomic mass is 16.1. The second-order valence-corrected chi connectivity index (χ2v) is 5.93. The van der Waals surface area contributed by atoms with Gasteiger partial charge in [0.25, 0.3) is 0 Å². The molecule has 0 saturated heterocycles. The number of rotatable bonds is 4. The summed E-state index contributed by atoms with van der Waals surface area (Å²) in [5, 5.41) is 11.4. The van der Waals surface area contributed by atoms with E-state index in [0.717, 1.165) is 24.5 Å². The first kappa shape index (κ1) is 15.4. The molecular formula is C16H18N8O. The molecule has 0 spiro atoms. The van der Waals surface area contributed by atoms with Crippen molar-refractivity contribution in [3.8, 4) is 5.82 Å².